The molecule has 1 heterocycles. The SMILES string of the molecule is O=c1c2ccccc2nnn1C[C@@H](O)COCc1ccccc1F. The van der Waals surface area contributed by atoms with Crippen LogP contribution in [0.3, 0.4) is 0 Å². The highest BCUT2D eigenvalue weighted by Gasteiger charge is 2.11. The van der Waals surface area contributed by atoms with Gasteiger partial charge in [0.2, 0.25) is 0 Å². The summed E-state index contributed by atoms with van der Waals surface area (Å²) in [5.74, 6) is -0.358. The molecule has 0 saturated carbocycles. The van der Waals surface area contributed by atoms with Crippen LogP contribution in [0, 0.1) is 5.82 Å². The molecular formula is C17H16FN3O3. The number of benzene rings is 2. The Kier molecular flexibility index (Phi) is 4.93. The molecule has 2 aromatic carbocycles. The zero-order chi connectivity index (χ0) is 16.9. The normalized spacial score (nSPS) is 12.4. The molecule has 6 nitrogen and oxygen atoms in total. The predicted molar refractivity (Wildman–Crippen MR) is 85.9 cm³/mol. The van der Waals surface area contributed by atoms with Crippen molar-refractivity contribution in [3.63, 3.8) is 0 Å². The Balaban J connectivity index is 1.61. The van der Waals surface area contributed by atoms with Crippen molar-refractivity contribution in [3.05, 3.63) is 70.3 Å². The van der Waals surface area contributed by atoms with Gasteiger partial charge in [0.15, 0.2) is 0 Å². The van der Waals surface area contributed by atoms with Crippen LogP contribution < -0.4 is 5.56 Å². The van der Waals surface area contributed by atoms with E-state index < -0.39 is 6.10 Å². The number of aliphatic hydroxyl groups is 1. The van der Waals surface area contributed by atoms with Crippen molar-refractivity contribution in [2.75, 3.05) is 6.61 Å². The molecular weight excluding hydrogens is 313 g/mol. The van der Waals surface area contributed by atoms with Gasteiger partial charge in [0.25, 0.3) is 5.56 Å². The number of nitrogens with zero attached hydrogens (tertiary/aromatic N) is 3. The molecule has 0 spiro atoms. The molecule has 124 valence electrons. The molecule has 3 aromatic rings. The zero-order valence-electron chi connectivity index (χ0n) is 12.8. The Morgan fingerprint density at radius 3 is 2.75 bits per heavy atom. The third-order valence-electron chi connectivity index (χ3n) is 3.54. The molecule has 0 saturated heterocycles. The highest BCUT2D eigenvalue weighted by molar-refractivity contribution is 5.76. The van der Waals surface area contributed by atoms with Crippen molar-refractivity contribution in [1.29, 1.82) is 0 Å². The summed E-state index contributed by atoms with van der Waals surface area (Å²) in [5.41, 5.74) is 0.588. The average Bonchev–Trinajstić information content (AvgIpc) is 2.59. The number of fused-ring (bicyclic) bond motifs is 1. The number of rotatable bonds is 6. The lowest BCUT2D eigenvalue weighted by molar-refractivity contribution is 0.0168. The van der Waals surface area contributed by atoms with Crippen LogP contribution in [-0.2, 0) is 17.9 Å². The maximum atomic E-state index is 13.5. The number of hydrogen-bond acceptors (Lipinski definition) is 5. The maximum absolute atomic E-state index is 13.5. The quantitative estimate of drug-likeness (QED) is 0.742. The first-order valence-electron chi connectivity index (χ1n) is 7.47. The van der Waals surface area contributed by atoms with Gasteiger partial charge in [-0.1, -0.05) is 35.5 Å². The fourth-order valence-electron chi connectivity index (χ4n) is 2.32. The molecule has 0 amide bonds. The van der Waals surface area contributed by atoms with Crippen LogP contribution in [0.4, 0.5) is 4.39 Å². The summed E-state index contributed by atoms with van der Waals surface area (Å²) in [6.45, 7) is -0.0503. The topological polar surface area (TPSA) is 77.2 Å². The van der Waals surface area contributed by atoms with Crippen LogP contribution in [0.5, 0.6) is 0 Å². The van der Waals surface area contributed by atoms with Crippen LogP contribution in [0.25, 0.3) is 10.9 Å². The monoisotopic (exact) mass is 329 g/mol. The minimum atomic E-state index is -0.954. The second-order valence-electron chi connectivity index (χ2n) is 5.35. The molecule has 0 radical (unpaired) electrons. The molecule has 1 atom stereocenters. The molecule has 1 aromatic heterocycles. The van der Waals surface area contributed by atoms with E-state index >= 15 is 0 Å². The highest BCUT2D eigenvalue weighted by Crippen LogP contribution is 2.08. The van der Waals surface area contributed by atoms with E-state index in [0.29, 0.717) is 16.5 Å². The van der Waals surface area contributed by atoms with Gasteiger partial charge in [0, 0.05) is 5.56 Å². The minimum Gasteiger partial charge on any atom is -0.389 e. The van der Waals surface area contributed by atoms with E-state index in [-0.39, 0.29) is 31.1 Å². The summed E-state index contributed by atoms with van der Waals surface area (Å²) in [5, 5.41) is 18.2. The van der Waals surface area contributed by atoms with Crippen molar-refractivity contribution in [3.8, 4) is 0 Å². The Bertz CT molecular complexity index is 897. The molecule has 0 fully saturated rings. The van der Waals surface area contributed by atoms with Crippen LogP contribution in [0.15, 0.2) is 53.3 Å². The molecule has 0 unspecified atom stereocenters. The molecule has 3 rings (SSSR count). The first-order chi connectivity index (χ1) is 11.6. The Morgan fingerprint density at radius 2 is 1.92 bits per heavy atom. The zero-order valence-corrected chi connectivity index (χ0v) is 12.8. The predicted octanol–water partition coefficient (Wildman–Crippen LogP) is 1.51. The Hall–Kier alpha value is -2.64. The van der Waals surface area contributed by atoms with Crippen molar-refractivity contribution in [2.24, 2.45) is 0 Å². The van der Waals surface area contributed by atoms with E-state index in [1.54, 1.807) is 42.5 Å². The fourth-order valence-corrected chi connectivity index (χ4v) is 2.32. The summed E-state index contributed by atoms with van der Waals surface area (Å²) >= 11 is 0. The minimum absolute atomic E-state index is 0.0437. The van der Waals surface area contributed by atoms with E-state index in [0.717, 1.165) is 4.68 Å². The van der Waals surface area contributed by atoms with Gasteiger partial charge < -0.3 is 9.84 Å². The third-order valence-corrected chi connectivity index (χ3v) is 3.54. The smallest absolute Gasteiger partial charge is 0.277 e. The maximum Gasteiger partial charge on any atom is 0.277 e. The molecule has 0 aliphatic carbocycles. The molecule has 7 heteroatoms. The summed E-state index contributed by atoms with van der Waals surface area (Å²) in [7, 11) is 0. The lowest BCUT2D eigenvalue weighted by Gasteiger charge is -2.12. The van der Waals surface area contributed by atoms with Crippen molar-refractivity contribution < 1.29 is 14.2 Å². The van der Waals surface area contributed by atoms with Crippen LogP contribution >= 0.6 is 0 Å². The summed E-state index contributed by atoms with van der Waals surface area (Å²) in [6.07, 6.45) is -0.954. The largest absolute Gasteiger partial charge is 0.389 e. The first kappa shape index (κ1) is 16.2. The number of halogens is 1. The number of ether oxygens (including phenoxy) is 1. The van der Waals surface area contributed by atoms with E-state index in [4.69, 9.17) is 4.74 Å². The van der Waals surface area contributed by atoms with Crippen LogP contribution in [0.1, 0.15) is 5.56 Å². The lowest BCUT2D eigenvalue weighted by atomic mass is 10.2. The second-order valence-corrected chi connectivity index (χ2v) is 5.35. The van der Waals surface area contributed by atoms with Gasteiger partial charge in [-0.3, -0.25) is 4.79 Å². The van der Waals surface area contributed by atoms with Crippen molar-refractivity contribution in [2.45, 2.75) is 19.3 Å². The van der Waals surface area contributed by atoms with Crippen LogP contribution in [0.2, 0.25) is 0 Å². The third kappa shape index (κ3) is 3.64. The molecule has 1 N–H and O–H groups in total. The van der Waals surface area contributed by atoms with Gasteiger partial charge in [-0.05, 0) is 18.2 Å². The highest BCUT2D eigenvalue weighted by atomic mass is 19.1. The molecule has 24 heavy (non-hydrogen) atoms. The number of hydrogen-bond donors (Lipinski definition) is 1. The molecule has 0 aliphatic rings. The van der Waals surface area contributed by atoms with Gasteiger partial charge in [0.1, 0.15) is 11.3 Å². The van der Waals surface area contributed by atoms with Gasteiger partial charge in [-0.2, -0.15) is 0 Å². The van der Waals surface area contributed by atoms with Gasteiger partial charge >= 0.3 is 0 Å². The van der Waals surface area contributed by atoms with E-state index in [9.17, 15) is 14.3 Å². The first-order valence-corrected chi connectivity index (χ1v) is 7.47. The van der Waals surface area contributed by atoms with E-state index in [1.165, 1.54) is 6.07 Å². The van der Waals surface area contributed by atoms with Gasteiger partial charge in [-0.25, -0.2) is 9.07 Å². The van der Waals surface area contributed by atoms with Gasteiger partial charge in [0.05, 0.1) is 31.2 Å². The standard InChI is InChI=1S/C17H16FN3O3/c18-15-7-3-1-5-12(15)10-24-11-13(22)9-21-17(23)14-6-2-4-8-16(14)19-20-21/h1-8,13,22H,9-11H2/t13-/m1/s1. The molecule has 0 bridgehead atoms. The summed E-state index contributed by atoms with van der Waals surface area (Å²) < 4.78 is 19.9. The molecule has 0 aliphatic heterocycles. The van der Waals surface area contributed by atoms with E-state index in [2.05, 4.69) is 10.3 Å². The second kappa shape index (κ2) is 7.29. The van der Waals surface area contributed by atoms with Crippen LogP contribution in [-0.4, -0.2) is 32.8 Å². The Morgan fingerprint density at radius 1 is 1.17 bits per heavy atom. The fraction of sp³-hybridized carbons (Fsp3) is 0.235. The summed E-state index contributed by atoms with van der Waals surface area (Å²) in [4.78, 5) is 12.3. The number of aliphatic hydroxyl groups excluding tert-OH is 1. The number of aromatic nitrogens is 3. The lowest BCUT2D eigenvalue weighted by Crippen LogP contribution is -2.31. The Labute approximate surface area is 137 Å². The van der Waals surface area contributed by atoms with Gasteiger partial charge in [-0.15, -0.1) is 5.10 Å². The average molecular weight is 329 g/mol. The van der Waals surface area contributed by atoms with Crippen molar-refractivity contribution in [1.82, 2.24) is 15.0 Å². The van der Waals surface area contributed by atoms with Crippen molar-refractivity contribution >= 4 is 10.9 Å². The summed E-state index contributed by atoms with van der Waals surface area (Å²) in [6, 6.07) is 13.1. The van der Waals surface area contributed by atoms with E-state index in [1.807, 2.05) is 0 Å².